The number of anilines is 1. The van der Waals surface area contributed by atoms with E-state index in [1.165, 1.54) is 7.11 Å². The Morgan fingerprint density at radius 2 is 1.96 bits per heavy atom. The van der Waals surface area contributed by atoms with Crippen LogP contribution < -0.4 is 5.32 Å². The number of aryl methyl sites for hydroxylation is 1. The van der Waals surface area contributed by atoms with Gasteiger partial charge in [-0.3, -0.25) is 9.59 Å². The molecule has 1 saturated heterocycles. The summed E-state index contributed by atoms with van der Waals surface area (Å²) >= 11 is 0. The average molecular weight is 344 g/mol. The summed E-state index contributed by atoms with van der Waals surface area (Å²) < 4.78 is 4.72. The molecule has 25 heavy (non-hydrogen) atoms. The maximum absolute atomic E-state index is 12.6. The summed E-state index contributed by atoms with van der Waals surface area (Å²) in [7, 11) is 1.32. The second-order valence-corrected chi connectivity index (χ2v) is 6.90. The minimum absolute atomic E-state index is 0.0760. The maximum Gasteiger partial charge on any atom is 0.337 e. The number of rotatable bonds is 4. The van der Waals surface area contributed by atoms with E-state index in [-0.39, 0.29) is 24.2 Å². The monoisotopic (exact) mass is 344 g/mol. The van der Waals surface area contributed by atoms with Crippen LogP contribution in [0.15, 0.2) is 18.2 Å². The first-order chi connectivity index (χ1) is 12.0. The normalized spacial score (nSPS) is 20.8. The first-order valence-corrected chi connectivity index (χ1v) is 8.79. The predicted molar refractivity (Wildman–Crippen MR) is 93.2 cm³/mol. The van der Waals surface area contributed by atoms with Gasteiger partial charge in [0.15, 0.2) is 0 Å². The number of nitrogens with zero attached hydrogens (tertiary/aromatic N) is 1. The van der Waals surface area contributed by atoms with Crippen molar-refractivity contribution in [1.29, 1.82) is 0 Å². The largest absolute Gasteiger partial charge is 0.465 e. The van der Waals surface area contributed by atoms with Crippen molar-refractivity contribution < 1.29 is 19.1 Å². The highest BCUT2D eigenvalue weighted by molar-refractivity contribution is 5.99. The Bertz CT molecular complexity index is 695. The summed E-state index contributed by atoms with van der Waals surface area (Å²) in [5.41, 5.74) is 1.83. The number of carbonyl (C=O) groups is 3. The van der Waals surface area contributed by atoms with E-state index in [1.54, 1.807) is 18.2 Å². The minimum atomic E-state index is -0.445. The molecule has 2 aliphatic rings. The van der Waals surface area contributed by atoms with Crippen LogP contribution in [0.2, 0.25) is 0 Å². The van der Waals surface area contributed by atoms with E-state index < -0.39 is 5.97 Å². The molecule has 0 bridgehead atoms. The van der Waals surface area contributed by atoms with Gasteiger partial charge < -0.3 is 15.0 Å². The molecule has 1 aromatic rings. The summed E-state index contributed by atoms with van der Waals surface area (Å²) in [5.74, 6) is -0.876. The molecule has 3 rings (SSSR count). The van der Waals surface area contributed by atoms with Crippen molar-refractivity contribution >= 4 is 23.5 Å². The molecule has 1 saturated carbocycles. The summed E-state index contributed by atoms with van der Waals surface area (Å²) in [5, 5.41) is 2.88. The van der Waals surface area contributed by atoms with Gasteiger partial charge in [-0.1, -0.05) is 18.9 Å². The van der Waals surface area contributed by atoms with Crippen molar-refractivity contribution in [3.8, 4) is 0 Å². The molecule has 1 aromatic carbocycles. The number of likely N-dealkylation sites (tertiary alicyclic amines) is 1. The molecule has 6 heteroatoms. The van der Waals surface area contributed by atoms with Crippen molar-refractivity contribution in [3.05, 3.63) is 29.3 Å². The number of amides is 2. The molecule has 6 nitrogen and oxygen atoms in total. The van der Waals surface area contributed by atoms with Gasteiger partial charge in [0, 0.05) is 24.7 Å². The molecule has 1 aliphatic heterocycles. The number of methoxy groups -OCH3 is 1. The van der Waals surface area contributed by atoms with Crippen molar-refractivity contribution in [3.63, 3.8) is 0 Å². The van der Waals surface area contributed by atoms with Crippen LogP contribution >= 0.6 is 0 Å². The van der Waals surface area contributed by atoms with E-state index >= 15 is 0 Å². The lowest BCUT2D eigenvalue weighted by Crippen LogP contribution is -2.35. The Morgan fingerprint density at radius 3 is 2.64 bits per heavy atom. The molecule has 0 spiro atoms. The topological polar surface area (TPSA) is 75.7 Å². The minimum Gasteiger partial charge on any atom is -0.465 e. The van der Waals surface area contributed by atoms with Gasteiger partial charge in [-0.05, 0) is 37.5 Å². The molecule has 0 radical (unpaired) electrons. The molecule has 134 valence electrons. The summed E-state index contributed by atoms with van der Waals surface area (Å²) in [6.07, 6.45) is 4.66. The lowest BCUT2D eigenvalue weighted by atomic mass is 10.1. The van der Waals surface area contributed by atoms with Gasteiger partial charge >= 0.3 is 5.97 Å². The second kappa shape index (κ2) is 7.25. The first-order valence-electron chi connectivity index (χ1n) is 8.79. The standard InChI is InChI=1S/C19H24N2O4/c1-12-7-8-13(19(24)25-2)9-16(12)20-18(23)14-10-17(22)21(11-14)15-5-3-4-6-15/h7-9,14-15H,3-6,10-11H2,1-2H3,(H,20,23)/t14-/m0/s1. The second-order valence-electron chi connectivity index (χ2n) is 6.90. The third-order valence-electron chi connectivity index (χ3n) is 5.21. The highest BCUT2D eigenvalue weighted by Gasteiger charge is 2.38. The van der Waals surface area contributed by atoms with Gasteiger partial charge in [0.05, 0.1) is 18.6 Å². The summed E-state index contributed by atoms with van der Waals surface area (Å²) in [6, 6.07) is 5.35. The van der Waals surface area contributed by atoms with E-state index in [0.717, 1.165) is 31.2 Å². The molecule has 0 aromatic heterocycles. The Balaban J connectivity index is 1.68. The Hall–Kier alpha value is -2.37. The number of esters is 1. The third-order valence-corrected chi connectivity index (χ3v) is 5.21. The smallest absolute Gasteiger partial charge is 0.337 e. The average Bonchev–Trinajstić information content (AvgIpc) is 3.25. The highest BCUT2D eigenvalue weighted by Crippen LogP contribution is 2.30. The number of carbonyl (C=O) groups excluding carboxylic acids is 3. The quantitative estimate of drug-likeness (QED) is 0.852. The molecular formula is C19H24N2O4. The van der Waals surface area contributed by atoms with E-state index in [2.05, 4.69) is 5.32 Å². The van der Waals surface area contributed by atoms with Crippen molar-refractivity contribution in [2.75, 3.05) is 19.0 Å². The molecule has 2 fully saturated rings. The van der Waals surface area contributed by atoms with Crippen molar-refractivity contribution in [1.82, 2.24) is 4.90 Å². The fraction of sp³-hybridized carbons (Fsp3) is 0.526. The predicted octanol–water partition coefficient (Wildman–Crippen LogP) is 2.51. The van der Waals surface area contributed by atoms with Crippen LogP contribution in [0, 0.1) is 12.8 Å². The van der Waals surface area contributed by atoms with E-state index in [1.807, 2.05) is 11.8 Å². The number of hydrogen-bond donors (Lipinski definition) is 1. The van der Waals surface area contributed by atoms with E-state index in [9.17, 15) is 14.4 Å². The van der Waals surface area contributed by atoms with Crippen LogP contribution in [0.25, 0.3) is 0 Å². The fourth-order valence-corrected chi connectivity index (χ4v) is 3.71. The molecule has 1 heterocycles. The van der Waals surface area contributed by atoms with E-state index in [4.69, 9.17) is 4.74 Å². The molecule has 2 amide bonds. The van der Waals surface area contributed by atoms with Crippen molar-refractivity contribution in [2.45, 2.75) is 45.1 Å². The zero-order valence-electron chi connectivity index (χ0n) is 14.7. The molecule has 0 unspecified atom stereocenters. The first kappa shape index (κ1) is 17.5. The SMILES string of the molecule is COC(=O)c1ccc(C)c(NC(=O)[C@H]2CC(=O)N(C3CCCC3)C2)c1. The molecular weight excluding hydrogens is 320 g/mol. The van der Waals surface area contributed by atoms with Gasteiger partial charge in [0.25, 0.3) is 0 Å². The van der Waals surface area contributed by atoms with Crippen LogP contribution in [0.5, 0.6) is 0 Å². The van der Waals surface area contributed by atoms with Gasteiger partial charge in [0.2, 0.25) is 11.8 Å². The summed E-state index contributed by atoms with van der Waals surface area (Å²) in [4.78, 5) is 38.4. The third kappa shape index (κ3) is 3.67. The number of hydrogen-bond acceptors (Lipinski definition) is 4. The van der Waals surface area contributed by atoms with Crippen LogP contribution in [-0.2, 0) is 14.3 Å². The summed E-state index contributed by atoms with van der Waals surface area (Å²) in [6.45, 7) is 2.35. The lowest BCUT2D eigenvalue weighted by molar-refractivity contribution is -0.129. The van der Waals surface area contributed by atoms with E-state index in [0.29, 0.717) is 23.8 Å². The zero-order valence-corrected chi connectivity index (χ0v) is 14.7. The molecule has 1 N–H and O–H groups in total. The Kier molecular flexibility index (Phi) is 5.06. The lowest BCUT2D eigenvalue weighted by Gasteiger charge is -2.24. The van der Waals surface area contributed by atoms with Gasteiger partial charge in [-0.25, -0.2) is 4.79 Å². The fourth-order valence-electron chi connectivity index (χ4n) is 3.71. The van der Waals surface area contributed by atoms with Gasteiger partial charge in [-0.2, -0.15) is 0 Å². The molecule has 1 atom stereocenters. The van der Waals surface area contributed by atoms with Crippen LogP contribution in [0.1, 0.15) is 48.0 Å². The maximum atomic E-state index is 12.6. The highest BCUT2D eigenvalue weighted by atomic mass is 16.5. The van der Waals surface area contributed by atoms with Gasteiger partial charge in [0.1, 0.15) is 0 Å². The van der Waals surface area contributed by atoms with Crippen LogP contribution in [0.3, 0.4) is 0 Å². The van der Waals surface area contributed by atoms with Crippen molar-refractivity contribution in [2.24, 2.45) is 5.92 Å². The Labute approximate surface area is 147 Å². The zero-order chi connectivity index (χ0) is 18.0. The number of nitrogens with one attached hydrogen (secondary N) is 1. The van der Waals surface area contributed by atoms with Crippen LogP contribution in [0.4, 0.5) is 5.69 Å². The molecule has 1 aliphatic carbocycles. The van der Waals surface area contributed by atoms with Crippen LogP contribution in [-0.4, -0.2) is 42.4 Å². The number of ether oxygens (including phenoxy) is 1. The number of benzene rings is 1. The van der Waals surface area contributed by atoms with Gasteiger partial charge in [-0.15, -0.1) is 0 Å². The Morgan fingerprint density at radius 1 is 1.24 bits per heavy atom.